The minimum atomic E-state index is -0.737. The fourth-order valence-corrected chi connectivity index (χ4v) is 10.2. The van der Waals surface area contributed by atoms with E-state index in [9.17, 15) is 28.4 Å². The van der Waals surface area contributed by atoms with Gasteiger partial charge in [0.2, 0.25) is 17.8 Å². The van der Waals surface area contributed by atoms with Crippen LogP contribution >= 0.6 is 11.6 Å². The summed E-state index contributed by atoms with van der Waals surface area (Å²) < 4.78 is 22.2. The Morgan fingerprint density at radius 3 is 2.49 bits per heavy atom. The first-order chi connectivity index (χ1) is 30.3. The van der Waals surface area contributed by atoms with Crippen LogP contribution in [-0.2, 0) is 20.9 Å². The summed E-state index contributed by atoms with van der Waals surface area (Å²) in [5.41, 5.74) is 3.11. The first-order valence-electron chi connectivity index (χ1n) is 21.8. The summed E-state index contributed by atoms with van der Waals surface area (Å²) in [4.78, 5) is 80.6. The minimum absolute atomic E-state index is 0.0882. The molecule has 5 aliphatic rings. The smallest absolute Gasteiger partial charge is 0.293 e. The van der Waals surface area contributed by atoms with Gasteiger partial charge in [0.25, 0.3) is 17.4 Å². The van der Waals surface area contributed by atoms with Gasteiger partial charge in [0.1, 0.15) is 16.9 Å². The van der Waals surface area contributed by atoms with Crippen molar-refractivity contribution in [3.8, 4) is 5.75 Å². The summed E-state index contributed by atoms with van der Waals surface area (Å²) in [6.45, 7) is 9.78. The van der Waals surface area contributed by atoms with Gasteiger partial charge in [0, 0.05) is 105 Å². The Kier molecular flexibility index (Phi) is 11.5. The molecule has 0 radical (unpaired) electrons. The third-order valence-corrected chi connectivity index (χ3v) is 13.8. The van der Waals surface area contributed by atoms with E-state index in [4.69, 9.17) is 21.3 Å². The van der Waals surface area contributed by atoms with E-state index in [1.54, 1.807) is 16.8 Å². The Morgan fingerprint density at radius 1 is 1.02 bits per heavy atom. The molecule has 9 rings (SSSR count). The standard InChI is InChI=1S/C45H52ClFN10O6/c1-26(2)57-34-5-4-30(16-28(34)17-37(43(57)62)63-23-39(59)48-3)50-40-33(46)20-49-44(52-40)54-14-12-53(13-15-54)21-27-8-10-45(11-9-27)24-55(25-45)36-19-29(47)18-31-32(36)22-56(42(31)61)35-6-7-38(58)51-41(35)60/h4-5,16-20,26-27,35H,6-15,21-25H2,1-3H3,(H,48,59)(H,49,50,52)(H,51,58,60). The number of amides is 4. The number of hydrogen-bond acceptors (Lipinski definition) is 12. The number of anilines is 4. The molecule has 1 unspecified atom stereocenters. The highest BCUT2D eigenvalue weighted by molar-refractivity contribution is 6.33. The molecule has 3 saturated heterocycles. The molecule has 1 saturated carbocycles. The van der Waals surface area contributed by atoms with E-state index in [2.05, 4.69) is 35.6 Å². The monoisotopic (exact) mass is 882 g/mol. The highest BCUT2D eigenvalue weighted by atomic mass is 35.5. The molecule has 4 aliphatic heterocycles. The van der Waals surface area contributed by atoms with Crippen molar-refractivity contribution < 1.29 is 28.3 Å². The summed E-state index contributed by atoms with van der Waals surface area (Å²) in [5, 5.41) is 9.30. The van der Waals surface area contributed by atoms with Crippen LogP contribution in [-0.4, -0.2) is 113 Å². The fourth-order valence-electron chi connectivity index (χ4n) is 10.1. The molecule has 0 bridgehead atoms. The number of carbonyl (C=O) groups excluding carboxylic acids is 4. The molecular weight excluding hydrogens is 831 g/mol. The molecule has 2 aromatic heterocycles. The maximum absolute atomic E-state index is 14.9. The van der Waals surface area contributed by atoms with Crippen molar-refractivity contribution in [1.82, 2.24) is 35.0 Å². The summed E-state index contributed by atoms with van der Waals surface area (Å²) in [6.07, 6.45) is 6.50. The van der Waals surface area contributed by atoms with E-state index in [0.29, 0.717) is 34.0 Å². The Morgan fingerprint density at radius 2 is 1.78 bits per heavy atom. The first kappa shape index (κ1) is 42.5. The van der Waals surface area contributed by atoms with Crippen LogP contribution in [0.5, 0.6) is 5.75 Å². The molecule has 1 spiro atoms. The number of imide groups is 1. The van der Waals surface area contributed by atoms with Crippen LogP contribution in [0, 0.1) is 17.2 Å². The number of piperidine rings is 1. The van der Waals surface area contributed by atoms with Crippen molar-refractivity contribution in [3.05, 3.63) is 74.9 Å². The molecule has 4 fully saturated rings. The van der Waals surface area contributed by atoms with Crippen LogP contribution in [0.2, 0.25) is 5.02 Å². The zero-order valence-electron chi connectivity index (χ0n) is 35.7. The van der Waals surface area contributed by atoms with Gasteiger partial charge in [-0.15, -0.1) is 0 Å². The summed E-state index contributed by atoms with van der Waals surface area (Å²) in [7, 11) is 1.51. The quantitative estimate of drug-likeness (QED) is 0.179. The van der Waals surface area contributed by atoms with Gasteiger partial charge in [0.15, 0.2) is 18.2 Å². The lowest BCUT2D eigenvalue weighted by atomic mass is 9.65. The summed E-state index contributed by atoms with van der Waals surface area (Å²) >= 11 is 6.61. The zero-order chi connectivity index (χ0) is 44.2. The number of hydrogen-bond donors (Lipinski definition) is 3. The number of likely N-dealkylation sites (N-methyl/N-ethyl adjacent to an activating group) is 1. The number of rotatable bonds is 11. The number of aromatic nitrogens is 3. The van der Waals surface area contributed by atoms with E-state index >= 15 is 0 Å². The predicted octanol–water partition coefficient (Wildman–Crippen LogP) is 4.61. The molecule has 16 nitrogen and oxygen atoms in total. The number of piperazine rings is 1. The van der Waals surface area contributed by atoms with Crippen molar-refractivity contribution in [3.63, 3.8) is 0 Å². The van der Waals surface area contributed by atoms with Gasteiger partial charge in [-0.05, 0) is 88.3 Å². The third-order valence-electron chi connectivity index (χ3n) is 13.5. The molecule has 1 atom stereocenters. The molecule has 2 aromatic carbocycles. The van der Waals surface area contributed by atoms with E-state index in [1.165, 1.54) is 24.1 Å². The van der Waals surface area contributed by atoms with Crippen molar-refractivity contribution >= 4 is 69.3 Å². The molecule has 3 N–H and O–H groups in total. The first-order valence-corrected chi connectivity index (χ1v) is 22.2. The number of nitrogens with one attached hydrogen (secondary N) is 3. The van der Waals surface area contributed by atoms with E-state index < -0.39 is 17.8 Å². The van der Waals surface area contributed by atoms with Gasteiger partial charge in [-0.2, -0.15) is 4.98 Å². The lowest BCUT2D eigenvalue weighted by molar-refractivity contribution is -0.137. The van der Waals surface area contributed by atoms with Crippen LogP contribution in [0.15, 0.2) is 47.4 Å². The Balaban J connectivity index is 0.777. The van der Waals surface area contributed by atoms with Crippen LogP contribution in [0.25, 0.3) is 10.9 Å². The number of nitrogens with zero attached hydrogens (tertiary/aromatic N) is 7. The topological polar surface area (TPSA) is 174 Å². The zero-order valence-corrected chi connectivity index (χ0v) is 36.5. The lowest BCUT2D eigenvalue weighted by Gasteiger charge is -2.55. The Labute approximate surface area is 369 Å². The van der Waals surface area contributed by atoms with Gasteiger partial charge in [0.05, 0.1) is 11.7 Å². The second-order valence-corrected chi connectivity index (χ2v) is 18.3. The van der Waals surface area contributed by atoms with Crippen molar-refractivity contribution in [1.29, 1.82) is 0 Å². The fraction of sp³-hybridized carbons (Fsp3) is 0.489. The van der Waals surface area contributed by atoms with E-state index in [1.807, 2.05) is 32.0 Å². The SMILES string of the molecule is CNC(=O)COc1cc2cc(Nc3nc(N4CCN(CC5CCC6(CC5)CN(c5cc(F)cc7c5CN(C5CCC(=O)NC5=O)C7=O)C6)CC4)ncc3Cl)ccc2n(C(C)C)c1=O. The number of benzene rings is 2. The van der Waals surface area contributed by atoms with Gasteiger partial charge < -0.3 is 34.6 Å². The van der Waals surface area contributed by atoms with Gasteiger partial charge in [-0.25, -0.2) is 9.37 Å². The summed E-state index contributed by atoms with van der Waals surface area (Å²) in [6, 6.07) is 9.20. The second-order valence-electron chi connectivity index (χ2n) is 17.9. The number of ether oxygens (including phenoxy) is 1. The molecule has 63 heavy (non-hydrogen) atoms. The average molecular weight is 883 g/mol. The molecule has 1 aliphatic carbocycles. The molecule has 4 amide bonds. The highest BCUT2D eigenvalue weighted by Gasteiger charge is 2.48. The molecular formula is C45H52ClFN10O6. The predicted molar refractivity (Wildman–Crippen MR) is 236 cm³/mol. The minimum Gasteiger partial charge on any atom is -0.478 e. The van der Waals surface area contributed by atoms with Gasteiger partial charge >= 0.3 is 0 Å². The van der Waals surface area contributed by atoms with Crippen LogP contribution in [0.3, 0.4) is 0 Å². The number of halogens is 2. The summed E-state index contributed by atoms with van der Waals surface area (Å²) in [5.74, 6) is -0.235. The van der Waals surface area contributed by atoms with Crippen LogP contribution in [0.4, 0.5) is 27.5 Å². The highest BCUT2D eigenvalue weighted by Crippen LogP contribution is 2.49. The van der Waals surface area contributed by atoms with Crippen molar-refractivity contribution in [2.45, 2.75) is 71.0 Å². The Hall–Kier alpha value is -5.81. The molecule has 18 heteroatoms. The van der Waals surface area contributed by atoms with Gasteiger partial charge in [-0.1, -0.05) is 11.6 Å². The van der Waals surface area contributed by atoms with E-state index in [-0.39, 0.29) is 66.5 Å². The Bertz CT molecular complexity index is 2550. The largest absolute Gasteiger partial charge is 0.478 e. The van der Waals surface area contributed by atoms with Crippen LogP contribution in [0.1, 0.15) is 74.3 Å². The van der Waals surface area contributed by atoms with E-state index in [0.717, 1.165) is 93.7 Å². The number of fused-ring (bicyclic) bond motifs is 2. The maximum atomic E-state index is 14.9. The number of pyridine rings is 1. The third kappa shape index (κ3) is 8.40. The molecule has 332 valence electrons. The van der Waals surface area contributed by atoms with Crippen molar-refractivity contribution in [2.24, 2.45) is 11.3 Å². The second kappa shape index (κ2) is 17.1. The number of carbonyl (C=O) groups is 4. The molecule has 4 aromatic rings. The lowest BCUT2D eigenvalue weighted by Crippen LogP contribution is -2.58. The van der Waals surface area contributed by atoms with Crippen LogP contribution < -0.4 is 36.0 Å². The van der Waals surface area contributed by atoms with Gasteiger partial charge in [-0.3, -0.25) is 34.2 Å². The van der Waals surface area contributed by atoms with Crippen molar-refractivity contribution in [2.75, 3.05) is 74.6 Å². The maximum Gasteiger partial charge on any atom is 0.293 e. The molecule has 6 heterocycles. The average Bonchev–Trinajstić information content (AvgIpc) is 3.58. The normalized spacial score (nSPS) is 20.3.